The van der Waals surface area contributed by atoms with Crippen LogP contribution in [0, 0.1) is 5.82 Å². The average Bonchev–Trinajstić information content (AvgIpc) is 2.53. The van der Waals surface area contributed by atoms with Gasteiger partial charge in [0.1, 0.15) is 18.7 Å². The molecule has 2 rings (SSSR count). The Balaban J connectivity index is 2.25. The average molecular weight is 290 g/mol. The molecule has 5 heteroatoms. The summed E-state index contributed by atoms with van der Waals surface area (Å²) < 4.78 is 29.0. The van der Waals surface area contributed by atoms with Gasteiger partial charge in [-0.25, -0.2) is 4.39 Å². The molecular weight excluding hydrogens is 275 g/mol. The minimum atomic E-state index is -0.302. The van der Waals surface area contributed by atoms with Gasteiger partial charge in [0.2, 0.25) is 5.75 Å². The summed E-state index contributed by atoms with van der Waals surface area (Å²) in [5.41, 5.74) is 1.23. The van der Waals surface area contributed by atoms with Gasteiger partial charge in [-0.15, -0.1) is 0 Å². The molecule has 0 spiro atoms. The number of hydrogen-bond acceptors (Lipinski definition) is 4. The van der Waals surface area contributed by atoms with E-state index >= 15 is 0 Å². The summed E-state index contributed by atoms with van der Waals surface area (Å²) in [7, 11) is 2.96. The maximum absolute atomic E-state index is 12.9. The highest BCUT2D eigenvalue weighted by molar-refractivity contribution is 5.78. The highest BCUT2D eigenvalue weighted by Crippen LogP contribution is 2.38. The van der Waals surface area contributed by atoms with Crippen molar-refractivity contribution in [3.63, 3.8) is 0 Å². The fourth-order valence-corrected chi connectivity index (χ4v) is 1.85. The molecule has 0 aliphatic carbocycles. The number of methoxy groups -OCH3 is 2. The van der Waals surface area contributed by atoms with Crippen LogP contribution in [0.2, 0.25) is 0 Å². The minimum Gasteiger partial charge on any atom is -0.493 e. The van der Waals surface area contributed by atoms with E-state index < -0.39 is 0 Å². The number of ether oxygens (including phenoxy) is 3. The van der Waals surface area contributed by atoms with Gasteiger partial charge < -0.3 is 14.2 Å². The second-order valence-corrected chi connectivity index (χ2v) is 4.29. The van der Waals surface area contributed by atoms with Crippen molar-refractivity contribution < 1.29 is 23.4 Å². The molecule has 0 amide bonds. The monoisotopic (exact) mass is 290 g/mol. The molecule has 0 N–H and O–H groups in total. The summed E-state index contributed by atoms with van der Waals surface area (Å²) in [5.74, 6) is 0.899. The number of halogens is 1. The van der Waals surface area contributed by atoms with Gasteiger partial charge in [0.25, 0.3) is 0 Å². The molecule has 0 saturated heterocycles. The molecule has 0 unspecified atom stereocenters. The van der Waals surface area contributed by atoms with Crippen LogP contribution in [0.3, 0.4) is 0 Å². The van der Waals surface area contributed by atoms with Crippen molar-refractivity contribution in [2.75, 3.05) is 14.2 Å². The third-order valence-corrected chi connectivity index (χ3v) is 2.92. The first kappa shape index (κ1) is 14.8. The van der Waals surface area contributed by atoms with Crippen molar-refractivity contribution in [3.05, 3.63) is 53.3 Å². The number of hydrogen-bond donors (Lipinski definition) is 0. The van der Waals surface area contributed by atoms with Crippen LogP contribution >= 0.6 is 0 Å². The number of rotatable bonds is 6. The van der Waals surface area contributed by atoms with Gasteiger partial charge in [0, 0.05) is 5.56 Å². The Labute approximate surface area is 122 Å². The van der Waals surface area contributed by atoms with E-state index in [-0.39, 0.29) is 12.4 Å². The Kier molecular flexibility index (Phi) is 4.77. The van der Waals surface area contributed by atoms with Gasteiger partial charge in [-0.1, -0.05) is 12.1 Å². The SMILES string of the molecule is COc1cc(C=O)cc(OC)c1OCc1ccc(F)cc1. The van der Waals surface area contributed by atoms with Crippen molar-refractivity contribution >= 4 is 6.29 Å². The molecule has 0 bridgehead atoms. The molecule has 2 aromatic rings. The number of carbonyl (C=O) groups excluding carboxylic acids is 1. The summed E-state index contributed by atoms with van der Waals surface area (Å²) in [5, 5.41) is 0. The van der Waals surface area contributed by atoms with Crippen LogP contribution in [-0.4, -0.2) is 20.5 Å². The molecule has 0 radical (unpaired) electrons. The van der Waals surface area contributed by atoms with Crippen LogP contribution in [0.4, 0.5) is 4.39 Å². The predicted octanol–water partition coefficient (Wildman–Crippen LogP) is 3.23. The summed E-state index contributed by atoms with van der Waals surface area (Å²) in [4.78, 5) is 10.9. The summed E-state index contributed by atoms with van der Waals surface area (Å²) >= 11 is 0. The van der Waals surface area contributed by atoms with E-state index in [1.165, 1.54) is 26.4 Å². The first-order valence-electron chi connectivity index (χ1n) is 6.26. The third kappa shape index (κ3) is 3.51. The Morgan fingerprint density at radius 1 is 1.05 bits per heavy atom. The van der Waals surface area contributed by atoms with Crippen molar-refractivity contribution in [2.24, 2.45) is 0 Å². The maximum atomic E-state index is 12.9. The van der Waals surface area contributed by atoms with Gasteiger partial charge in [-0.2, -0.15) is 0 Å². The van der Waals surface area contributed by atoms with Crippen molar-refractivity contribution in [1.82, 2.24) is 0 Å². The van der Waals surface area contributed by atoms with E-state index in [0.29, 0.717) is 29.1 Å². The zero-order valence-electron chi connectivity index (χ0n) is 11.8. The van der Waals surface area contributed by atoms with Gasteiger partial charge in [-0.3, -0.25) is 4.79 Å². The first-order valence-corrected chi connectivity index (χ1v) is 6.26. The molecule has 2 aromatic carbocycles. The predicted molar refractivity (Wildman–Crippen MR) is 75.7 cm³/mol. The van der Waals surface area contributed by atoms with Crippen LogP contribution in [-0.2, 0) is 6.61 Å². The number of aldehydes is 1. The van der Waals surface area contributed by atoms with E-state index in [4.69, 9.17) is 14.2 Å². The molecule has 0 saturated carbocycles. The number of carbonyl (C=O) groups is 1. The topological polar surface area (TPSA) is 44.8 Å². The Morgan fingerprint density at radius 2 is 1.62 bits per heavy atom. The second kappa shape index (κ2) is 6.74. The van der Waals surface area contributed by atoms with Gasteiger partial charge in [0.15, 0.2) is 11.5 Å². The minimum absolute atomic E-state index is 0.230. The van der Waals surface area contributed by atoms with E-state index in [9.17, 15) is 9.18 Å². The molecule has 0 atom stereocenters. The first-order chi connectivity index (χ1) is 10.2. The molecule has 0 aliphatic heterocycles. The van der Waals surface area contributed by atoms with Crippen molar-refractivity contribution in [1.29, 1.82) is 0 Å². The van der Waals surface area contributed by atoms with Crippen LogP contribution in [0.15, 0.2) is 36.4 Å². The normalized spacial score (nSPS) is 10.0. The molecule has 4 nitrogen and oxygen atoms in total. The molecule has 0 aliphatic rings. The lowest BCUT2D eigenvalue weighted by Gasteiger charge is -2.15. The quantitative estimate of drug-likeness (QED) is 0.766. The summed E-state index contributed by atoms with van der Waals surface area (Å²) in [6.45, 7) is 0.230. The Hall–Kier alpha value is -2.56. The molecule has 0 heterocycles. The van der Waals surface area contributed by atoms with Gasteiger partial charge >= 0.3 is 0 Å². The zero-order chi connectivity index (χ0) is 15.2. The molecule has 21 heavy (non-hydrogen) atoms. The van der Waals surface area contributed by atoms with Gasteiger partial charge in [-0.05, 0) is 29.8 Å². The van der Waals surface area contributed by atoms with E-state index in [2.05, 4.69) is 0 Å². The third-order valence-electron chi connectivity index (χ3n) is 2.92. The lowest BCUT2D eigenvalue weighted by molar-refractivity contribution is 0.112. The van der Waals surface area contributed by atoms with E-state index in [1.54, 1.807) is 24.3 Å². The lowest BCUT2D eigenvalue weighted by Crippen LogP contribution is -2.01. The maximum Gasteiger partial charge on any atom is 0.203 e. The highest BCUT2D eigenvalue weighted by Gasteiger charge is 2.14. The largest absolute Gasteiger partial charge is 0.493 e. The molecular formula is C16H15FO4. The number of benzene rings is 2. The highest BCUT2D eigenvalue weighted by atomic mass is 19.1. The van der Waals surface area contributed by atoms with Crippen LogP contribution in [0.5, 0.6) is 17.2 Å². The Morgan fingerprint density at radius 3 is 2.10 bits per heavy atom. The second-order valence-electron chi connectivity index (χ2n) is 4.29. The lowest BCUT2D eigenvalue weighted by atomic mass is 10.2. The summed E-state index contributed by atoms with van der Waals surface area (Å²) in [6.07, 6.45) is 0.703. The molecule has 0 fully saturated rings. The van der Waals surface area contributed by atoms with Crippen molar-refractivity contribution in [2.45, 2.75) is 6.61 Å². The van der Waals surface area contributed by atoms with Crippen LogP contribution < -0.4 is 14.2 Å². The molecule has 110 valence electrons. The Bertz CT molecular complexity index is 598. The van der Waals surface area contributed by atoms with Gasteiger partial charge in [0.05, 0.1) is 14.2 Å². The fourth-order valence-electron chi connectivity index (χ4n) is 1.85. The van der Waals surface area contributed by atoms with Crippen LogP contribution in [0.25, 0.3) is 0 Å². The van der Waals surface area contributed by atoms with Crippen molar-refractivity contribution in [3.8, 4) is 17.2 Å². The van der Waals surface area contributed by atoms with E-state index in [1.807, 2.05) is 0 Å². The van der Waals surface area contributed by atoms with E-state index in [0.717, 1.165) is 5.56 Å². The summed E-state index contributed by atoms with van der Waals surface area (Å²) in [6, 6.07) is 9.12. The smallest absolute Gasteiger partial charge is 0.203 e. The van der Waals surface area contributed by atoms with Crippen LogP contribution in [0.1, 0.15) is 15.9 Å². The standard InChI is InChI=1S/C16H15FO4/c1-19-14-7-12(9-18)8-15(20-2)16(14)21-10-11-3-5-13(17)6-4-11/h3-9H,10H2,1-2H3. The molecule has 0 aromatic heterocycles. The fraction of sp³-hybridized carbons (Fsp3) is 0.188. The zero-order valence-corrected chi connectivity index (χ0v) is 11.8.